The first-order chi connectivity index (χ1) is 6.65. The maximum absolute atomic E-state index is 10.5. The van der Waals surface area contributed by atoms with Gasteiger partial charge in [0.05, 0.1) is 0 Å². The molecule has 0 spiro atoms. The topological polar surface area (TPSA) is 17.1 Å². The van der Waals surface area contributed by atoms with Crippen LogP contribution >= 0.6 is 0 Å². The molecular formula is C13H16O. The lowest BCUT2D eigenvalue weighted by Gasteiger charge is -2.14. The van der Waals surface area contributed by atoms with Crippen LogP contribution < -0.4 is 0 Å². The SMILES string of the molecule is C=C(C)C(CC=O)c1ccc(C)cc1. The summed E-state index contributed by atoms with van der Waals surface area (Å²) in [6, 6.07) is 8.27. The highest BCUT2D eigenvalue weighted by Gasteiger charge is 2.10. The fraction of sp³-hybridized carbons (Fsp3) is 0.308. The van der Waals surface area contributed by atoms with E-state index in [0.717, 1.165) is 11.9 Å². The Hall–Kier alpha value is -1.37. The Morgan fingerprint density at radius 3 is 2.43 bits per heavy atom. The summed E-state index contributed by atoms with van der Waals surface area (Å²) in [5, 5.41) is 0. The summed E-state index contributed by atoms with van der Waals surface area (Å²) in [6.07, 6.45) is 1.48. The molecule has 0 saturated carbocycles. The molecule has 0 heterocycles. The summed E-state index contributed by atoms with van der Waals surface area (Å²) in [6.45, 7) is 7.94. The van der Waals surface area contributed by atoms with Gasteiger partial charge in [-0.1, -0.05) is 42.0 Å². The molecule has 0 aromatic heterocycles. The van der Waals surface area contributed by atoms with Crippen molar-refractivity contribution in [1.29, 1.82) is 0 Å². The zero-order valence-electron chi connectivity index (χ0n) is 8.79. The summed E-state index contributed by atoms with van der Waals surface area (Å²) in [4.78, 5) is 10.5. The Morgan fingerprint density at radius 2 is 2.00 bits per heavy atom. The van der Waals surface area contributed by atoms with Crippen LogP contribution in [0.3, 0.4) is 0 Å². The zero-order chi connectivity index (χ0) is 10.6. The molecule has 1 unspecified atom stereocenters. The van der Waals surface area contributed by atoms with Crippen molar-refractivity contribution in [2.45, 2.75) is 26.2 Å². The minimum absolute atomic E-state index is 0.174. The maximum Gasteiger partial charge on any atom is 0.120 e. The van der Waals surface area contributed by atoms with E-state index in [1.165, 1.54) is 11.1 Å². The van der Waals surface area contributed by atoms with Crippen LogP contribution in [0.25, 0.3) is 0 Å². The van der Waals surface area contributed by atoms with E-state index < -0.39 is 0 Å². The predicted octanol–water partition coefficient (Wildman–Crippen LogP) is 3.24. The van der Waals surface area contributed by atoms with Crippen molar-refractivity contribution in [1.82, 2.24) is 0 Å². The number of rotatable bonds is 4. The van der Waals surface area contributed by atoms with Gasteiger partial charge in [-0.15, -0.1) is 0 Å². The van der Waals surface area contributed by atoms with Gasteiger partial charge in [0.15, 0.2) is 0 Å². The fourth-order valence-corrected chi connectivity index (χ4v) is 1.52. The fourth-order valence-electron chi connectivity index (χ4n) is 1.52. The highest BCUT2D eigenvalue weighted by molar-refractivity contribution is 5.53. The molecular weight excluding hydrogens is 172 g/mol. The van der Waals surface area contributed by atoms with E-state index in [1.54, 1.807) is 0 Å². The van der Waals surface area contributed by atoms with E-state index in [1.807, 2.05) is 6.92 Å². The monoisotopic (exact) mass is 188 g/mol. The van der Waals surface area contributed by atoms with E-state index >= 15 is 0 Å². The predicted molar refractivity (Wildman–Crippen MR) is 59.4 cm³/mol. The van der Waals surface area contributed by atoms with E-state index in [2.05, 4.69) is 37.8 Å². The standard InChI is InChI=1S/C13H16O/c1-10(2)13(8-9-14)12-6-4-11(3)5-7-12/h4-7,9,13H,1,8H2,2-3H3. The van der Waals surface area contributed by atoms with Gasteiger partial charge < -0.3 is 4.79 Å². The molecule has 74 valence electrons. The van der Waals surface area contributed by atoms with E-state index in [9.17, 15) is 4.79 Å². The van der Waals surface area contributed by atoms with Gasteiger partial charge in [-0.2, -0.15) is 0 Å². The molecule has 0 fully saturated rings. The van der Waals surface area contributed by atoms with Gasteiger partial charge in [0.2, 0.25) is 0 Å². The van der Waals surface area contributed by atoms with Gasteiger partial charge >= 0.3 is 0 Å². The van der Waals surface area contributed by atoms with Crippen LogP contribution in [0.2, 0.25) is 0 Å². The molecule has 1 aromatic carbocycles. The summed E-state index contributed by atoms with van der Waals surface area (Å²) in [5.74, 6) is 0.174. The number of carbonyl (C=O) groups is 1. The Bertz CT molecular complexity index is 322. The van der Waals surface area contributed by atoms with Gasteiger partial charge in [-0.05, 0) is 19.4 Å². The van der Waals surface area contributed by atoms with Crippen LogP contribution in [0, 0.1) is 6.92 Å². The Labute approximate surface area is 85.5 Å². The first kappa shape index (κ1) is 10.7. The number of carbonyl (C=O) groups excluding carboxylic acids is 1. The lowest BCUT2D eigenvalue weighted by molar-refractivity contribution is -0.108. The van der Waals surface area contributed by atoms with Gasteiger partial charge in [-0.25, -0.2) is 0 Å². The first-order valence-corrected chi connectivity index (χ1v) is 4.80. The minimum Gasteiger partial charge on any atom is -0.303 e. The molecule has 1 rings (SSSR count). The van der Waals surface area contributed by atoms with Crippen molar-refractivity contribution in [3.63, 3.8) is 0 Å². The Morgan fingerprint density at radius 1 is 1.43 bits per heavy atom. The molecule has 0 bridgehead atoms. The molecule has 1 heteroatoms. The first-order valence-electron chi connectivity index (χ1n) is 4.80. The number of benzene rings is 1. The lowest BCUT2D eigenvalue weighted by atomic mass is 9.90. The zero-order valence-corrected chi connectivity index (χ0v) is 8.79. The van der Waals surface area contributed by atoms with E-state index in [-0.39, 0.29) is 5.92 Å². The summed E-state index contributed by atoms with van der Waals surface area (Å²) < 4.78 is 0. The van der Waals surface area contributed by atoms with E-state index in [0.29, 0.717) is 6.42 Å². The average molecular weight is 188 g/mol. The molecule has 0 aliphatic rings. The molecule has 0 radical (unpaired) electrons. The number of allylic oxidation sites excluding steroid dienone is 1. The van der Waals surface area contributed by atoms with Crippen LogP contribution in [0.1, 0.15) is 30.4 Å². The molecule has 1 nitrogen and oxygen atoms in total. The summed E-state index contributed by atoms with van der Waals surface area (Å²) in [5.41, 5.74) is 3.46. The van der Waals surface area contributed by atoms with Gasteiger partial charge in [-0.3, -0.25) is 0 Å². The number of aryl methyl sites for hydroxylation is 1. The molecule has 0 aliphatic carbocycles. The second-order valence-corrected chi connectivity index (χ2v) is 3.71. The average Bonchev–Trinajstić information content (AvgIpc) is 2.15. The third-order valence-electron chi connectivity index (χ3n) is 2.41. The maximum atomic E-state index is 10.5. The summed E-state index contributed by atoms with van der Waals surface area (Å²) >= 11 is 0. The van der Waals surface area contributed by atoms with Crippen LogP contribution in [0.15, 0.2) is 36.4 Å². The molecule has 0 aliphatic heterocycles. The quantitative estimate of drug-likeness (QED) is 0.523. The molecule has 1 aromatic rings. The van der Waals surface area contributed by atoms with Crippen LogP contribution in [-0.4, -0.2) is 6.29 Å². The molecule has 14 heavy (non-hydrogen) atoms. The van der Waals surface area contributed by atoms with Crippen molar-refractivity contribution in [2.24, 2.45) is 0 Å². The summed E-state index contributed by atoms with van der Waals surface area (Å²) in [7, 11) is 0. The molecule has 0 saturated heterocycles. The van der Waals surface area contributed by atoms with Crippen molar-refractivity contribution in [3.8, 4) is 0 Å². The Kier molecular flexibility index (Phi) is 3.63. The smallest absolute Gasteiger partial charge is 0.120 e. The van der Waals surface area contributed by atoms with Crippen molar-refractivity contribution < 1.29 is 4.79 Å². The molecule has 1 atom stereocenters. The third kappa shape index (κ3) is 2.56. The van der Waals surface area contributed by atoms with Gasteiger partial charge in [0.25, 0.3) is 0 Å². The second-order valence-electron chi connectivity index (χ2n) is 3.71. The highest BCUT2D eigenvalue weighted by Crippen LogP contribution is 2.25. The Balaban J connectivity index is 2.93. The van der Waals surface area contributed by atoms with Gasteiger partial charge in [0, 0.05) is 12.3 Å². The lowest BCUT2D eigenvalue weighted by Crippen LogP contribution is -2.00. The molecule has 0 N–H and O–H groups in total. The van der Waals surface area contributed by atoms with Crippen LogP contribution in [-0.2, 0) is 4.79 Å². The second kappa shape index (κ2) is 4.75. The largest absolute Gasteiger partial charge is 0.303 e. The van der Waals surface area contributed by atoms with Crippen LogP contribution in [0.5, 0.6) is 0 Å². The number of aldehydes is 1. The number of hydrogen-bond acceptors (Lipinski definition) is 1. The van der Waals surface area contributed by atoms with Crippen molar-refractivity contribution >= 4 is 6.29 Å². The highest BCUT2D eigenvalue weighted by atomic mass is 16.1. The van der Waals surface area contributed by atoms with E-state index in [4.69, 9.17) is 0 Å². The van der Waals surface area contributed by atoms with Crippen LogP contribution in [0.4, 0.5) is 0 Å². The molecule has 0 amide bonds. The third-order valence-corrected chi connectivity index (χ3v) is 2.41. The number of hydrogen-bond donors (Lipinski definition) is 0. The normalized spacial score (nSPS) is 12.1. The van der Waals surface area contributed by atoms with Gasteiger partial charge in [0.1, 0.15) is 6.29 Å². The minimum atomic E-state index is 0.174. The van der Waals surface area contributed by atoms with Crippen molar-refractivity contribution in [2.75, 3.05) is 0 Å². The van der Waals surface area contributed by atoms with Crippen molar-refractivity contribution in [3.05, 3.63) is 47.5 Å².